The number of nitrogens with zero attached hydrogens (tertiary/aromatic N) is 2. The molecule has 2 rings (SSSR count). The zero-order valence-electron chi connectivity index (χ0n) is 8.21. The van der Waals surface area contributed by atoms with E-state index in [1.165, 1.54) is 6.08 Å². The van der Waals surface area contributed by atoms with Gasteiger partial charge in [0.05, 0.1) is 11.9 Å². The molecular weight excluding hydrogens is 192 g/mol. The molecule has 76 valence electrons. The van der Waals surface area contributed by atoms with E-state index in [9.17, 15) is 4.79 Å². The molecular formula is C11H10N2O2. The molecule has 2 heterocycles. The van der Waals surface area contributed by atoms with E-state index < -0.39 is 5.97 Å². The fourth-order valence-electron chi connectivity index (χ4n) is 1.39. The van der Waals surface area contributed by atoms with Crippen molar-refractivity contribution in [2.24, 2.45) is 0 Å². The first-order valence-corrected chi connectivity index (χ1v) is 4.51. The second kappa shape index (κ2) is 3.57. The summed E-state index contributed by atoms with van der Waals surface area (Å²) < 4.78 is 1.86. The van der Waals surface area contributed by atoms with Crippen molar-refractivity contribution in [1.29, 1.82) is 0 Å². The fraction of sp³-hybridized carbons (Fsp3) is 0.0909. The van der Waals surface area contributed by atoms with Gasteiger partial charge in [-0.15, -0.1) is 0 Å². The van der Waals surface area contributed by atoms with Crippen molar-refractivity contribution >= 4 is 17.7 Å². The summed E-state index contributed by atoms with van der Waals surface area (Å²) in [7, 11) is 0. The topological polar surface area (TPSA) is 54.6 Å². The van der Waals surface area contributed by atoms with Crippen molar-refractivity contribution in [2.75, 3.05) is 0 Å². The molecule has 0 bridgehead atoms. The zero-order valence-corrected chi connectivity index (χ0v) is 8.21. The first kappa shape index (κ1) is 9.45. The van der Waals surface area contributed by atoms with Gasteiger partial charge in [0.2, 0.25) is 0 Å². The molecule has 2 aromatic heterocycles. The number of aromatic nitrogens is 2. The standard InChI is InChI=1S/C11H10N2O2/c1-8-2-4-10-12-6-9(13(10)7-8)3-5-11(14)15/h2-7H,1H3,(H,14,15). The number of rotatable bonds is 2. The Kier molecular flexibility index (Phi) is 2.25. The molecule has 0 saturated heterocycles. The predicted molar refractivity (Wildman–Crippen MR) is 56.6 cm³/mol. The van der Waals surface area contributed by atoms with Crippen molar-refractivity contribution in [3.05, 3.63) is 41.9 Å². The van der Waals surface area contributed by atoms with Crippen LogP contribution in [-0.2, 0) is 4.79 Å². The van der Waals surface area contributed by atoms with Crippen LogP contribution in [0, 0.1) is 6.92 Å². The van der Waals surface area contributed by atoms with Crippen LogP contribution >= 0.6 is 0 Å². The number of pyridine rings is 1. The summed E-state index contributed by atoms with van der Waals surface area (Å²) in [5.41, 5.74) is 2.67. The van der Waals surface area contributed by atoms with E-state index in [4.69, 9.17) is 5.11 Å². The van der Waals surface area contributed by atoms with E-state index in [-0.39, 0.29) is 0 Å². The number of aliphatic carboxylic acids is 1. The van der Waals surface area contributed by atoms with Crippen molar-refractivity contribution in [3.8, 4) is 0 Å². The maximum atomic E-state index is 10.4. The van der Waals surface area contributed by atoms with Crippen LogP contribution in [0.3, 0.4) is 0 Å². The Morgan fingerprint density at radius 2 is 2.33 bits per heavy atom. The van der Waals surface area contributed by atoms with E-state index in [2.05, 4.69) is 4.98 Å². The maximum Gasteiger partial charge on any atom is 0.328 e. The molecule has 0 fully saturated rings. The van der Waals surface area contributed by atoms with Crippen LogP contribution in [0.1, 0.15) is 11.3 Å². The zero-order chi connectivity index (χ0) is 10.8. The molecule has 4 nitrogen and oxygen atoms in total. The third kappa shape index (κ3) is 1.88. The van der Waals surface area contributed by atoms with Crippen LogP contribution in [0.2, 0.25) is 0 Å². The molecule has 0 aliphatic heterocycles. The molecule has 0 unspecified atom stereocenters. The monoisotopic (exact) mass is 202 g/mol. The SMILES string of the molecule is Cc1ccc2ncc(C=CC(=O)O)n2c1. The van der Waals surface area contributed by atoms with Gasteiger partial charge in [0, 0.05) is 12.3 Å². The van der Waals surface area contributed by atoms with Crippen molar-refractivity contribution < 1.29 is 9.90 Å². The summed E-state index contributed by atoms with van der Waals surface area (Å²) in [4.78, 5) is 14.5. The third-order valence-corrected chi connectivity index (χ3v) is 2.08. The van der Waals surface area contributed by atoms with Gasteiger partial charge in [0.1, 0.15) is 5.65 Å². The molecule has 2 aromatic rings. The molecule has 0 saturated carbocycles. The Morgan fingerprint density at radius 1 is 1.53 bits per heavy atom. The van der Waals surface area contributed by atoms with Crippen LogP contribution < -0.4 is 0 Å². The number of carboxylic acid groups (broad SMARTS) is 1. The Bertz CT molecular complexity index is 541. The summed E-state index contributed by atoms with van der Waals surface area (Å²) in [5, 5.41) is 8.52. The predicted octanol–water partition coefficient (Wildman–Crippen LogP) is 1.74. The quantitative estimate of drug-likeness (QED) is 0.754. The molecule has 15 heavy (non-hydrogen) atoms. The van der Waals surface area contributed by atoms with Crippen molar-refractivity contribution in [1.82, 2.24) is 9.38 Å². The molecule has 1 N–H and O–H groups in total. The molecule has 0 atom stereocenters. The summed E-state index contributed by atoms with van der Waals surface area (Å²) in [5.74, 6) is -0.961. The average molecular weight is 202 g/mol. The molecule has 0 radical (unpaired) electrons. The van der Waals surface area contributed by atoms with Gasteiger partial charge in [-0.3, -0.25) is 0 Å². The summed E-state index contributed by atoms with van der Waals surface area (Å²) >= 11 is 0. The number of hydrogen-bond acceptors (Lipinski definition) is 2. The Morgan fingerprint density at radius 3 is 3.07 bits per heavy atom. The average Bonchev–Trinajstić information content (AvgIpc) is 2.57. The first-order chi connectivity index (χ1) is 7.16. The van der Waals surface area contributed by atoms with Crippen LogP contribution in [0.25, 0.3) is 11.7 Å². The smallest absolute Gasteiger partial charge is 0.328 e. The van der Waals surface area contributed by atoms with Gasteiger partial charge in [-0.25, -0.2) is 9.78 Å². The van der Waals surface area contributed by atoms with Crippen LogP contribution in [0.15, 0.2) is 30.6 Å². The lowest BCUT2D eigenvalue weighted by molar-refractivity contribution is -0.131. The molecule has 4 heteroatoms. The van der Waals surface area contributed by atoms with Crippen molar-refractivity contribution in [3.63, 3.8) is 0 Å². The largest absolute Gasteiger partial charge is 0.478 e. The van der Waals surface area contributed by atoms with Crippen LogP contribution in [0.5, 0.6) is 0 Å². The highest BCUT2D eigenvalue weighted by molar-refractivity contribution is 5.85. The van der Waals surface area contributed by atoms with Gasteiger partial charge in [-0.2, -0.15) is 0 Å². The highest BCUT2D eigenvalue weighted by Gasteiger charge is 1.99. The van der Waals surface area contributed by atoms with E-state index in [0.717, 1.165) is 23.0 Å². The minimum absolute atomic E-state index is 0.760. The van der Waals surface area contributed by atoms with Gasteiger partial charge in [-0.1, -0.05) is 6.07 Å². The lowest BCUT2D eigenvalue weighted by Gasteiger charge is -1.97. The Labute approximate surface area is 86.5 Å². The lowest BCUT2D eigenvalue weighted by atomic mass is 10.3. The first-order valence-electron chi connectivity index (χ1n) is 4.51. The minimum Gasteiger partial charge on any atom is -0.478 e. The molecule has 0 aromatic carbocycles. The molecule has 0 aliphatic carbocycles. The maximum absolute atomic E-state index is 10.4. The van der Waals surface area contributed by atoms with E-state index in [1.807, 2.05) is 29.7 Å². The van der Waals surface area contributed by atoms with Gasteiger partial charge in [0.25, 0.3) is 0 Å². The van der Waals surface area contributed by atoms with Gasteiger partial charge < -0.3 is 9.51 Å². The second-order valence-electron chi connectivity index (χ2n) is 3.29. The lowest BCUT2D eigenvalue weighted by Crippen LogP contribution is -1.90. The number of fused-ring (bicyclic) bond motifs is 1. The Balaban J connectivity index is 2.52. The number of carbonyl (C=O) groups is 1. The summed E-state index contributed by atoms with van der Waals surface area (Å²) in [6.45, 7) is 1.98. The number of hydrogen-bond donors (Lipinski definition) is 1. The number of carboxylic acids is 1. The van der Waals surface area contributed by atoms with Gasteiger partial charge in [0.15, 0.2) is 0 Å². The highest BCUT2D eigenvalue weighted by atomic mass is 16.4. The summed E-state index contributed by atoms with van der Waals surface area (Å²) in [6, 6.07) is 3.86. The number of aryl methyl sites for hydroxylation is 1. The third-order valence-electron chi connectivity index (χ3n) is 2.08. The van der Waals surface area contributed by atoms with E-state index >= 15 is 0 Å². The van der Waals surface area contributed by atoms with E-state index in [0.29, 0.717) is 0 Å². The van der Waals surface area contributed by atoms with Crippen molar-refractivity contribution in [2.45, 2.75) is 6.92 Å². The number of imidazole rings is 1. The fourth-order valence-corrected chi connectivity index (χ4v) is 1.39. The van der Waals surface area contributed by atoms with Crippen LogP contribution in [0.4, 0.5) is 0 Å². The minimum atomic E-state index is -0.961. The van der Waals surface area contributed by atoms with Gasteiger partial charge in [-0.05, 0) is 24.6 Å². The molecule has 0 spiro atoms. The highest BCUT2D eigenvalue weighted by Crippen LogP contribution is 2.09. The van der Waals surface area contributed by atoms with E-state index in [1.54, 1.807) is 6.20 Å². The normalized spacial score (nSPS) is 11.3. The Hall–Kier alpha value is -2.10. The molecule has 0 aliphatic rings. The molecule has 0 amide bonds. The van der Waals surface area contributed by atoms with Crippen LogP contribution in [-0.4, -0.2) is 20.5 Å². The second-order valence-corrected chi connectivity index (χ2v) is 3.29. The summed E-state index contributed by atoms with van der Waals surface area (Å²) in [6.07, 6.45) is 6.20. The van der Waals surface area contributed by atoms with Gasteiger partial charge >= 0.3 is 5.97 Å².